The highest BCUT2D eigenvalue weighted by Crippen LogP contribution is 2.50. The highest BCUT2D eigenvalue weighted by molar-refractivity contribution is 7.29. The van der Waals surface area contributed by atoms with E-state index in [2.05, 4.69) is 82.3 Å². The van der Waals surface area contributed by atoms with E-state index in [-0.39, 0.29) is 11.8 Å². The molecule has 8 heterocycles. The van der Waals surface area contributed by atoms with Gasteiger partial charge >= 0.3 is 0 Å². The third-order valence-corrected chi connectivity index (χ3v) is 16.5. The number of benzene rings is 1. The van der Waals surface area contributed by atoms with Gasteiger partial charge in [-0.25, -0.2) is 0 Å². The molecule has 0 N–H and O–H groups in total. The lowest BCUT2D eigenvalue weighted by Gasteiger charge is -2.18. The fourth-order valence-electron chi connectivity index (χ4n) is 6.85. The number of fused-ring (bicyclic) bond motifs is 3. The summed E-state index contributed by atoms with van der Waals surface area (Å²) in [5, 5.41) is 2.73. The van der Waals surface area contributed by atoms with E-state index in [9.17, 15) is 9.59 Å². The molecule has 0 spiro atoms. The van der Waals surface area contributed by atoms with Crippen LogP contribution in [0.3, 0.4) is 0 Å². The lowest BCUT2D eigenvalue weighted by Crippen LogP contribution is -2.24. The molecule has 2 aliphatic heterocycles. The van der Waals surface area contributed by atoms with Gasteiger partial charge in [0.1, 0.15) is 0 Å². The second-order valence-corrected chi connectivity index (χ2v) is 19.1. The molecular weight excluding hydrogens is 709 g/mol. The molecule has 6 aromatic heterocycles. The number of nitrogens with zero attached hydrogens (tertiary/aromatic N) is 2. The molecule has 238 valence electrons. The smallest absolute Gasteiger partial charge is 0.261 e. The number of amides is 2. The summed E-state index contributed by atoms with van der Waals surface area (Å²) in [4.78, 5) is 42.6. The number of thiophene rings is 6. The van der Waals surface area contributed by atoms with E-state index in [4.69, 9.17) is 0 Å². The average Bonchev–Trinajstić information content (AvgIpc) is 3.91. The Morgan fingerprint density at radius 1 is 0.438 bits per heavy atom. The molecular formula is C38H28N2O2S6. The van der Waals surface area contributed by atoms with Crippen molar-refractivity contribution >= 4 is 111 Å². The number of carbonyl (C=O) groups is 2. The van der Waals surface area contributed by atoms with Gasteiger partial charge in [-0.05, 0) is 110 Å². The predicted octanol–water partition coefficient (Wildman–Crippen LogP) is 11.7. The maximum absolute atomic E-state index is 13.8. The summed E-state index contributed by atoms with van der Waals surface area (Å²) in [6, 6.07) is 21.7. The Hall–Kier alpha value is -3.64. The topological polar surface area (TPSA) is 40.6 Å². The van der Waals surface area contributed by atoms with Gasteiger partial charge in [-0.15, -0.1) is 68.0 Å². The van der Waals surface area contributed by atoms with Crippen LogP contribution in [0.15, 0.2) is 71.8 Å². The quantitative estimate of drug-likeness (QED) is 0.177. The van der Waals surface area contributed by atoms with Crippen LogP contribution in [0.2, 0.25) is 0 Å². The Balaban J connectivity index is 1.07. The van der Waals surface area contributed by atoms with Gasteiger partial charge in [-0.2, -0.15) is 0 Å². The van der Waals surface area contributed by atoms with Gasteiger partial charge < -0.3 is 9.80 Å². The standard InChI is InChI=1S/C38H28N2O2S6/c1-17-7-8-23(43-17)24-11-13-28(46-24)33-31-32(38(42)39(33)5)34(40(6)37(31)41)29-14-12-26(47-29)25-9-10-27(45-25)30-16-22-20(4)35-21(15-18(2)44-35)19(3)36(22)48-30/h7-16H,1-6H3. The van der Waals surface area contributed by atoms with Crippen molar-refractivity contribution in [3.05, 3.63) is 102 Å². The predicted molar refractivity (Wildman–Crippen MR) is 210 cm³/mol. The lowest BCUT2D eigenvalue weighted by molar-refractivity contribution is -0.123. The van der Waals surface area contributed by atoms with Crippen molar-refractivity contribution in [1.82, 2.24) is 9.80 Å². The van der Waals surface area contributed by atoms with Gasteiger partial charge in [0.2, 0.25) is 0 Å². The van der Waals surface area contributed by atoms with E-state index in [1.165, 1.54) is 60.6 Å². The first kappa shape index (κ1) is 30.4. The second-order valence-electron chi connectivity index (χ2n) is 12.3. The van der Waals surface area contributed by atoms with E-state index in [0.717, 1.165) is 19.5 Å². The number of rotatable bonds is 5. The van der Waals surface area contributed by atoms with Crippen LogP contribution in [-0.2, 0) is 9.59 Å². The maximum Gasteiger partial charge on any atom is 0.261 e. The largest absolute Gasteiger partial charge is 0.309 e. The van der Waals surface area contributed by atoms with Gasteiger partial charge in [-0.3, -0.25) is 9.59 Å². The van der Waals surface area contributed by atoms with Crippen molar-refractivity contribution in [1.29, 1.82) is 0 Å². The van der Waals surface area contributed by atoms with Crippen LogP contribution < -0.4 is 0 Å². The number of likely N-dealkylation sites (N-methyl/N-ethyl adjacent to an activating group) is 2. The molecule has 2 amide bonds. The molecule has 0 aliphatic carbocycles. The maximum atomic E-state index is 13.8. The van der Waals surface area contributed by atoms with Crippen LogP contribution in [0, 0.1) is 27.7 Å². The Bertz CT molecular complexity index is 2530. The number of hydrogen-bond donors (Lipinski definition) is 0. The highest BCUT2D eigenvalue weighted by atomic mass is 32.1. The molecule has 48 heavy (non-hydrogen) atoms. The van der Waals surface area contributed by atoms with E-state index in [0.29, 0.717) is 22.5 Å². The first-order valence-corrected chi connectivity index (χ1v) is 20.3. The third kappa shape index (κ3) is 4.40. The van der Waals surface area contributed by atoms with Crippen LogP contribution in [0.25, 0.3) is 60.8 Å². The molecule has 1 aromatic carbocycles. The summed E-state index contributed by atoms with van der Waals surface area (Å²) >= 11 is 10.6. The molecule has 0 saturated heterocycles. The molecule has 9 rings (SSSR count). The molecule has 0 fully saturated rings. The zero-order valence-corrected chi connectivity index (χ0v) is 31.8. The number of aryl methyl sites for hydroxylation is 4. The molecule has 0 unspecified atom stereocenters. The Kier molecular flexibility index (Phi) is 6.93. The van der Waals surface area contributed by atoms with Crippen LogP contribution in [0.1, 0.15) is 30.6 Å². The fourth-order valence-corrected chi connectivity index (χ4v) is 13.5. The molecule has 0 bridgehead atoms. The Morgan fingerprint density at radius 3 is 1.38 bits per heavy atom. The minimum atomic E-state index is -0.131. The van der Waals surface area contributed by atoms with Crippen molar-refractivity contribution < 1.29 is 9.59 Å². The zero-order valence-electron chi connectivity index (χ0n) is 26.9. The molecule has 4 nitrogen and oxygen atoms in total. The van der Waals surface area contributed by atoms with E-state index in [1.54, 1.807) is 69.2 Å². The minimum Gasteiger partial charge on any atom is -0.309 e. The fraction of sp³-hybridized carbons (Fsp3) is 0.158. The molecule has 7 aromatic rings. The molecule has 0 radical (unpaired) electrons. The van der Waals surface area contributed by atoms with E-state index >= 15 is 0 Å². The van der Waals surface area contributed by atoms with Gasteiger partial charge in [0, 0.05) is 62.5 Å². The Labute approximate surface area is 302 Å². The van der Waals surface area contributed by atoms with Gasteiger partial charge in [0.05, 0.1) is 32.3 Å². The van der Waals surface area contributed by atoms with Gasteiger partial charge in [0.25, 0.3) is 11.8 Å². The number of hydrogen-bond acceptors (Lipinski definition) is 8. The van der Waals surface area contributed by atoms with Crippen LogP contribution >= 0.6 is 68.0 Å². The SMILES string of the molecule is Cc1ccc(-c2ccc(C3=C4C(=O)N(C)C(c5ccc(-c6ccc(-c7cc8c(C)c9sc(C)cc9c(C)c8s7)s6)s5)=C4C(=O)N3C)s2)s1. The summed E-state index contributed by atoms with van der Waals surface area (Å²) < 4.78 is 2.77. The molecule has 0 saturated carbocycles. The van der Waals surface area contributed by atoms with Gasteiger partial charge in [-0.1, -0.05) is 0 Å². The van der Waals surface area contributed by atoms with Crippen molar-refractivity contribution in [2.24, 2.45) is 0 Å². The van der Waals surface area contributed by atoms with Crippen molar-refractivity contribution in [2.45, 2.75) is 27.7 Å². The molecule has 2 aliphatic rings. The first-order chi connectivity index (χ1) is 23.1. The monoisotopic (exact) mass is 736 g/mol. The summed E-state index contributed by atoms with van der Waals surface area (Å²) in [5.41, 5.74) is 5.16. The lowest BCUT2D eigenvalue weighted by atomic mass is 10.0. The Morgan fingerprint density at radius 2 is 0.854 bits per heavy atom. The number of carbonyl (C=O) groups excluding carboxylic acids is 2. The van der Waals surface area contributed by atoms with Crippen molar-refractivity contribution in [3.63, 3.8) is 0 Å². The van der Waals surface area contributed by atoms with Crippen LogP contribution in [-0.4, -0.2) is 35.7 Å². The molecule has 0 atom stereocenters. The summed E-state index contributed by atoms with van der Waals surface area (Å²) in [6.45, 7) is 8.80. The highest BCUT2D eigenvalue weighted by Gasteiger charge is 2.47. The van der Waals surface area contributed by atoms with Crippen LogP contribution in [0.5, 0.6) is 0 Å². The summed E-state index contributed by atoms with van der Waals surface area (Å²) in [7, 11) is 3.57. The zero-order chi connectivity index (χ0) is 33.2. The van der Waals surface area contributed by atoms with Gasteiger partial charge in [0.15, 0.2) is 0 Å². The summed E-state index contributed by atoms with van der Waals surface area (Å²) in [5.74, 6) is -0.262. The van der Waals surface area contributed by atoms with E-state index < -0.39 is 0 Å². The first-order valence-electron chi connectivity index (χ1n) is 15.4. The molecule has 10 heteroatoms. The minimum absolute atomic E-state index is 0.131. The van der Waals surface area contributed by atoms with Crippen molar-refractivity contribution in [2.75, 3.05) is 14.1 Å². The van der Waals surface area contributed by atoms with E-state index in [1.807, 2.05) is 28.7 Å². The normalized spacial score (nSPS) is 15.1. The third-order valence-electron chi connectivity index (χ3n) is 9.26. The van der Waals surface area contributed by atoms with Crippen molar-refractivity contribution in [3.8, 4) is 29.3 Å². The average molecular weight is 737 g/mol. The summed E-state index contributed by atoms with van der Waals surface area (Å²) in [6.07, 6.45) is 0. The second kappa shape index (κ2) is 10.9. The van der Waals surface area contributed by atoms with Crippen LogP contribution in [0.4, 0.5) is 0 Å².